The normalized spacial score (nSPS) is 27.7. The summed E-state index contributed by atoms with van der Waals surface area (Å²) < 4.78 is 0. The van der Waals surface area contributed by atoms with Crippen LogP contribution in [0.4, 0.5) is 0 Å². The van der Waals surface area contributed by atoms with E-state index in [1.165, 1.54) is 0 Å². The molecule has 0 aliphatic carbocycles. The van der Waals surface area contributed by atoms with Crippen LogP contribution >= 0.6 is 0 Å². The highest BCUT2D eigenvalue weighted by molar-refractivity contribution is 5.83. The predicted molar refractivity (Wildman–Crippen MR) is 82.8 cm³/mol. The van der Waals surface area contributed by atoms with E-state index in [-0.39, 0.29) is 29.2 Å². The van der Waals surface area contributed by atoms with Crippen molar-refractivity contribution in [2.24, 2.45) is 11.3 Å². The molecule has 0 aromatic heterocycles. The molecular formula is C16H29N3O2. The van der Waals surface area contributed by atoms with Crippen molar-refractivity contribution in [3.63, 3.8) is 0 Å². The van der Waals surface area contributed by atoms with Crippen LogP contribution < -0.4 is 10.6 Å². The Hall–Kier alpha value is -1.10. The zero-order valence-corrected chi connectivity index (χ0v) is 13.6. The van der Waals surface area contributed by atoms with Crippen LogP contribution in [0.5, 0.6) is 0 Å². The third-order valence-electron chi connectivity index (χ3n) is 4.77. The third-order valence-corrected chi connectivity index (χ3v) is 4.77. The van der Waals surface area contributed by atoms with Crippen molar-refractivity contribution in [3.8, 4) is 0 Å². The average Bonchev–Trinajstić information content (AvgIpc) is 2.48. The Balaban J connectivity index is 1.83. The number of amides is 2. The molecule has 0 aromatic carbocycles. The first-order valence-electron chi connectivity index (χ1n) is 8.23. The Morgan fingerprint density at radius 1 is 1.29 bits per heavy atom. The first kappa shape index (κ1) is 16.3. The summed E-state index contributed by atoms with van der Waals surface area (Å²) in [6.07, 6.45) is 3.79. The molecule has 1 unspecified atom stereocenters. The molecule has 2 rings (SSSR count). The van der Waals surface area contributed by atoms with Gasteiger partial charge in [-0.05, 0) is 39.2 Å². The van der Waals surface area contributed by atoms with Gasteiger partial charge in [0.05, 0.1) is 5.41 Å². The molecule has 2 fully saturated rings. The predicted octanol–water partition coefficient (Wildman–Crippen LogP) is 1.14. The zero-order valence-electron chi connectivity index (χ0n) is 13.6. The number of hydrogen-bond donors (Lipinski definition) is 2. The SMILES string of the molecule is CC(C)C(=O)NC1CCN(C(=O)C2(C)CCCNC2)CC1. The van der Waals surface area contributed by atoms with Gasteiger partial charge in [0.2, 0.25) is 11.8 Å². The molecule has 0 spiro atoms. The van der Waals surface area contributed by atoms with E-state index in [0.717, 1.165) is 51.9 Å². The molecular weight excluding hydrogens is 266 g/mol. The maximum Gasteiger partial charge on any atom is 0.229 e. The molecule has 2 amide bonds. The number of nitrogens with one attached hydrogen (secondary N) is 2. The minimum absolute atomic E-state index is 0.0249. The lowest BCUT2D eigenvalue weighted by Gasteiger charge is -2.40. The second kappa shape index (κ2) is 6.77. The highest BCUT2D eigenvalue weighted by atomic mass is 16.2. The Morgan fingerprint density at radius 2 is 1.95 bits per heavy atom. The number of piperidine rings is 2. The van der Waals surface area contributed by atoms with Gasteiger partial charge in [-0.2, -0.15) is 0 Å². The Morgan fingerprint density at radius 3 is 2.48 bits per heavy atom. The van der Waals surface area contributed by atoms with Gasteiger partial charge >= 0.3 is 0 Å². The Labute approximate surface area is 127 Å². The summed E-state index contributed by atoms with van der Waals surface area (Å²) >= 11 is 0. The number of rotatable bonds is 3. The average molecular weight is 295 g/mol. The van der Waals surface area contributed by atoms with Crippen molar-refractivity contribution in [2.45, 2.75) is 52.5 Å². The quantitative estimate of drug-likeness (QED) is 0.821. The molecule has 0 radical (unpaired) electrons. The van der Waals surface area contributed by atoms with Gasteiger partial charge in [0.1, 0.15) is 0 Å². The van der Waals surface area contributed by atoms with Gasteiger partial charge in [-0.1, -0.05) is 13.8 Å². The van der Waals surface area contributed by atoms with Gasteiger partial charge in [0, 0.05) is 31.6 Å². The Kier molecular flexibility index (Phi) is 5.25. The van der Waals surface area contributed by atoms with E-state index >= 15 is 0 Å². The number of carbonyl (C=O) groups is 2. The van der Waals surface area contributed by atoms with Crippen LogP contribution in [0.15, 0.2) is 0 Å². The molecule has 2 heterocycles. The van der Waals surface area contributed by atoms with Gasteiger partial charge in [0.25, 0.3) is 0 Å². The van der Waals surface area contributed by atoms with Gasteiger partial charge in [-0.3, -0.25) is 9.59 Å². The van der Waals surface area contributed by atoms with Crippen LogP contribution in [0.3, 0.4) is 0 Å². The van der Waals surface area contributed by atoms with Crippen LogP contribution in [0.1, 0.15) is 46.5 Å². The summed E-state index contributed by atoms with van der Waals surface area (Å²) in [5.74, 6) is 0.420. The monoisotopic (exact) mass is 295 g/mol. The van der Waals surface area contributed by atoms with Gasteiger partial charge in [-0.15, -0.1) is 0 Å². The van der Waals surface area contributed by atoms with Crippen molar-refractivity contribution in [1.82, 2.24) is 15.5 Å². The van der Waals surface area contributed by atoms with Crippen molar-refractivity contribution >= 4 is 11.8 Å². The molecule has 2 saturated heterocycles. The minimum Gasteiger partial charge on any atom is -0.353 e. The first-order chi connectivity index (χ1) is 9.92. The molecule has 5 heteroatoms. The lowest BCUT2D eigenvalue weighted by molar-refractivity contribution is -0.143. The van der Waals surface area contributed by atoms with E-state index in [1.54, 1.807) is 0 Å². The fourth-order valence-corrected chi connectivity index (χ4v) is 3.22. The van der Waals surface area contributed by atoms with Crippen LogP contribution in [0.2, 0.25) is 0 Å². The number of likely N-dealkylation sites (tertiary alicyclic amines) is 1. The third kappa shape index (κ3) is 3.96. The minimum atomic E-state index is -0.244. The number of carbonyl (C=O) groups excluding carboxylic acids is 2. The molecule has 2 aliphatic rings. The summed E-state index contributed by atoms with van der Waals surface area (Å²) in [7, 11) is 0. The van der Waals surface area contributed by atoms with E-state index in [1.807, 2.05) is 18.7 Å². The second-order valence-corrected chi connectivity index (χ2v) is 7.07. The summed E-state index contributed by atoms with van der Waals surface area (Å²) in [6.45, 7) is 9.22. The highest BCUT2D eigenvalue weighted by Crippen LogP contribution is 2.29. The topological polar surface area (TPSA) is 61.4 Å². The largest absolute Gasteiger partial charge is 0.353 e. The fourth-order valence-electron chi connectivity index (χ4n) is 3.22. The van der Waals surface area contributed by atoms with E-state index in [9.17, 15) is 9.59 Å². The van der Waals surface area contributed by atoms with Gasteiger partial charge < -0.3 is 15.5 Å². The number of hydrogen-bond acceptors (Lipinski definition) is 3. The fraction of sp³-hybridized carbons (Fsp3) is 0.875. The molecule has 0 saturated carbocycles. The van der Waals surface area contributed by atoms with Crippen molar-refractivity contribution in [1.29, 1.82) is 0 Å². The molecule has 21 heavy (non-hydrogen) atoms. The number of nitrogens with zero attached hydrogens (tertiary/aromatic N) is 1. The van der Waals surface area contributed by atoms with Crippen molar-refractivity contribution < 1.29 is 9.59 Å². The summed E-state index contributed by atoms with van der Waals surface area (Å²) in [4.78, 5) is 26.4. The van der Waals surface area contributed by atoms with Crippen LogP contribution in [0.25, 0.3) is 0 Å². The first-order valence-corrected chi connectivity index (χ1v) is 8.23. The molecule has 2 aliphatic heterocycles. The van der Waals surface area contributed by atoms with Crippen LogP contribution in [0, 0.1) is 11.3 Å². The van der Waals surface area contributed by atoms with E-state index in [4.69, 9.17) is 0 Å². The molecule has 1 atom stereocenters. The van der Waals surface area contributed by atoms with Crippen molar-refractivity contribution in [2.75, 3.05) is 26.2 Å². The standard InChI is InChI=1S/C16H29N3O2/c1-12(2)14(20)18-13-5-9-19(10-6-13)15(21)16(3)7-4-8-17-11-16/h12-13,17H,4-11H2,1-3H3,(H,18,20). The highest BCUT2D eigenvalue weighted by Gasteiger charge is 2.38. The smallest absolute Gasteiger partial charge is 0.229 e. The molecule has 120 valence electrons. The zero-order chi connectivity index (χ0) is 15.5. The van der Waals surface area contributed by atoms with Gasteiger partial charge in [0.15, 0.2) is 0 Å². The van der Waals surface area contributed by atoms with E-state index < -0.39 is 0 Å². The summed E-state index contributed by atoms with van der Waals surface area (Å²) in [5, 5.41) is 6.42. The molecule has 5 nitrogen and oxygen atoms in total. The van der Waals surface area contributed by atoms with E-state index in [2.05, 4.69) is 17.6 Å². The maximum absolute atomic E-state index is 12.7. The second-order valence-electron chi connectivity index (χ2n) is 7.07. The summed E-state index contributed by atoms with van der Waals surface area (Å²) in [5.41, 5.74) is -0.244. The van der Waals surface area contributed by atoms with Gasteiger partial charge in [-0.25, -0.2) is 0 Å². The lowest BCUT2D eigenvalue weighted by Crippen LogP contribution is -2.54. The maximum atomic E-state index is 12.7. The van der Waals surface area contributed by atoms with E-state index in [0.29, 0.717) is 0 Å². The Bertz CT molecular complexity index is 381. The molecule has 2 N–H and O–H groups in total. The van der Waals surface area contributed by atoms with Crippen LogP contribution in [-0.4, -0.2) is 48.9 Å². The lowest BCUT2D eigenvalue weighted by atomic mass is 9.81. The van der Waals surface area contributed by atoms with Crippen molar-refractivity contribution in [3.05, 3.63) is 0 Å². The van der Waals surface area contributed by atoms with Crippen LogP contribution in [-0.2, 0) is 9.59 Å². The molecule has 0 aromatic rings. The molecule has 0 bridgehead atoms. The summed E-state index contributed by atoms with van der Waals surface area (Å²) in [6, 6.07) is 0.223.